The standard InChI is InChI=1S/C23H27FO4S/c1-7-18(10-17(6)24)29(27)12-16(5)20-11-19(25)22(23(26)28-20)21-14(3)8-13(2)9-15(21)4/h7-10,16,20,25H,1,6,11-12H2,2-5H3/b18-10+. The third kappa shape index (κ3) is 5.32. The van der Waals surface area contributed by atoms with Crippen LogP contribution in [0.1, 0.15) is 35.6 Å². The lowest BCUT2D eigenvalue weighted by Gasteiger charge is -2.29. The second kappa shape index (κ2) is 9.35. The highest BCUT2D eigenvalue weighted by Crippen LogP contribution is 2.34. The minimum atomic E-state index is -1.53. The molecule has 0 bridgehead atoms. The summed E-state index contributed by atoms with van der Waals surface area (Å²) in [6, 6.07) is 3.91. The topological polar surface area (TPSA) is 63.6 Å². The molecule has 1 heterocycles. The van der Waals surface area contributed by atoms with Gasteiger partial charge in [-0.15, -0.1) is 0 Å². The van der Waals surface area contributed by atoms with Crippen molar-refractivity contribution in [2.24, 2.45) is 5.92 Å². The Morgan fingerprint density at radius 2 is 1.97 bits per heavy atom. The second-order valence-corrected chi connectivity index (χ2v) is 8.93. The lowest BCUT2D eigenvalue weighted by molar-refractivity contribution is -0.145. The summed E-state index contributed by atoms with van der Waals surface area (Å²) >= 11 is 0. The summed E-state index contributed by atoms with van der Waals surface area (Å²) in [7, 11) is -1.53. The van der Waals surface area contributed by atoms with Crippen LogP contribution in [0.5, 0.6) is 0 Å². The highest BCUT2D eigenvalue weighted by molar-refractivity contribution is 7.89. The van der Waals surface area contributed by atoms with Crippen LogP contribution in [0.15, 0.2) is 53.9 Å². The number of aliphatic hydroxyl groups is 1. The molecule has 1 N–H and O–H groups in total. The normalized spacial score (nSPS) is 19.6. The molecule has 1 aromatic carbocycles. The lowest BCUT2D eigenvalue weighted by atomic mass is 9.89. The summed E-state index contributed by atoms with van der Waals surface area (Å²) in [5.74, 6) is -1.52. The predicted molar refractivity (Wildman–Crippen MR) is 115 cm³/mol. The fourth-order valence-electron chi connectivity index (χ4n) is 3.60. The second-order valence-electron chi connectivity index (χ2n) is 7.43. The molecule has 156 valence electrons. The van der Waals surface area contributed by atoms with E-state index in [-0.39, 0.29) is 34.3 Å². The van der Waals surface area contributed by atoms with Crippen LogP contribution in [-0.4, -0.2) is 27.1 Å². The quantitative estimate of drug-likeness (QED) is 0.492. The molecule has 4 nitrogen and oxygen atoms in total. The molecule has 0 fully saturated rings. The van der Waals surface area contributed by atoms with Crippen molar-refractivity contribution in [2.75, 3.05) is 5.75 Å². The van der Waals surface area contributed by atoms with Gasteiger partial charge in [-0.3, -0.25) is 4.21 Å². The van der Waals surface area contributed by atoms with Gasteiger partial charge < -0.3 is 9.84 Å². The molecule has 0 spiro atoms. The summed E-state index contributed by atoms with van der Waals surface area (Å²) in [5, 5.41) is 10.7. The molecule has 3 atom stereocenters. The number of ether oxygens (including phenoxy) is 1. The highest BCUT2D eigenvalue weighted by atomic mass is 32.2. The van der Waals surface area contributed by atoms with E-state index in [1.165, 1.54) is 6.08 Å². The molecule has 2 rings (SSSR count). The molecular weight excluding hydrogens is 391 g/mol. The summed E-state index contributed by atoms with van der Waals surface area (Å²) in [6.45, 7) is 14.2. The van der Waals surface area contributed by atoms with E-state index in [1.54, 1.807) is 6.92 Å². The highest BCUT2D eigenvalue weighted by Gasteiger charge is 2.35. The Bertz CT molecular complexity index is 919. The van der Waals surface area contributed by atoms with Crippen LogP contribution in [0, 0.1) is 26.7 Å². The summed E-state index contributed by atoms with van der Waals surface area (Å²) < 4.78 is 31.1. The Kier molecular flexibility index (Phi) is 7.36. The number of aliphatic hydroxyl groups excluding tert-OH is 1. The first-order chi connectivity index (χ1) is 13.5. The molecule has 0 aromatic heterocycles. The average Bonchev–Trinajstić information content (AvgIpc) is 2.60. The van der Waals surface area contributed by atoms with Gasteiger partial charge in [0, 0.05) is 23.0 Å². The summed E-state index contributed by atoms with van der Waals surface area (Å²) in [4.78, 5) is 12.9. The van der Waals surface area contributed by atoms with Crippen LogP contribution in [0.4, 0.5) is 4.39 Å². The van der Waals surface area contributed by atoms with Crippen LogP contribution in [0.25, 0.3) is 5.57 Å². The van der Waals surface area contributed by atoms with Crippen molar-refractivity contribution in [3.05, 3.63) is 76.2 Å². The lowest BCUT2D eigenvalue weighted by Crippen LogP contribution is -2.34. The van der Waals surface area contributed by atoms with E-state index in [0.29, 0.717) is 5.56 Å². The zero-order chi connectivity index (χ0) is 21.9. The smallest absolute Gasteiger partial charge is 0.342 e. The van der Waals surface area contributed by atoms with Gasteiger partial charge in [0.25, 0.3) is 0 Å². The molecule has 0 amide bonds. The number of benzene rings is 1. The number of carbonyl (C=O) groups is 1. The van der Waals surface area contributed by atoms with Gasteiger partial charge in [0.15, 0.2) is 0 Å². The van der Waals surface area contributed by atoms with Gasteiger partial charge in [-0.1, -0.05) is 43.9 Å². The first-order valence-corrected chi connectivity index (χ1v) is 10.6. The van der Waals surface area contributed by atoms with Crippen LogP contribution in [-0.2, 0) is 20.3 Å². The zero-order valence-corrected chi connectivity index (χ0v) is 18.1. The number of aryl methyl sites for hydroxylation is 3. The first-order valence-electron chi connectivity index (χ1n) is 9.33. The third-order valence-electron chi connectivity index (χ3n) is 4.88. The fourth-order valence-corrected chi connectivity index (χ4v) is 4.93. The fraction of sp³-hybridized carbons (Fsp3) is 0.348. The van der Waals surface area contributed by atoms with Crippen molar-refractivity contribution in [3.63, 3.8) is 0 Å². The van der Waals surface area contributed by atoms with E-state index >= 15 is 0 Å². The molecule has 29 heavy (non-hydrogen) atoms. The van der Waals surface area contributed by atoms with E-state index in [9.17, 15) is 18.5 Å². The number of hydrogen-bond donors (Lipinski definition) is 1. The Morgan fingerprint density at radius 3 is 2.45 bits per heavy atom. The number of hydrogen-bond acceptors (Lipinski definition) is 4. The van der Waals surface area contributed by atoms with E-state index in [0.717, 1.165) is 22.8 Å². The maximum Gasteiger partial charge on any atom is 0.342 e. The Morgan fingerprint density at radius 1 is 1.38 bits per heavy atom. The molecule has 3 unspecified atom stereocenters. The van der Waals surface area contributed by atoms with Gasteiger partial charge in [-0.05, 0) is 43.5 Å². The number of allylic oxidation sites excluding steroid dienone is 3. The van der Waals surface area contributed by atoms with Gasteiger partial charge in [-0.25, -0.2) is 9.18 Å². The number of halogens is 1. The molecule has 0 saturated carbocycles. The predicted octanol–water partition coefficient (Wildman–Crippen LogP) is 5.13. The van der Waals surface area contributed by atoms with E-state index in [1.807, 2.05) is 32.9 Å². The molecule has 0 radical (unpaired) electrons. The van der Waals surface area contributed by atoms with E-state index in [4.69, 9.17) is 4.74 Å². The SMILES string of the molecule is C=C/C(=C\C(=C)F)S(=O)CC(C)C1CC(O)=C(c2c(C)cc(C)cc2C)C(=O)O1. The number of cyclic esters (lactones) is 1. The maximum absolute atomic E-state index is 13.0. The zero-order valence-electron chi connectivity index (χ0n) is 17.3. The van der Waals surface area contributed by atoms with Gasteiger partial charge in [0.05, 0.1) is 10.8 Å². The van der Waals surface area contributed by atoms with Crippen molar-refractivity contribution >= 4 is 22.3 Å². The Balaban J connectivity index is 2.25. The van der Waals surface area contributed by atoms with E-state index in [2.05, 4.69) is 13.2 Å². The first kappa shape index (κ1) is 22.8. The van der Waals surface area contributed by atoms with Crippen molar-refractivity contribution in [1.82, 2.24) is 0 Å². The van der Waals surface area contributed by atoms with Gasteiger partial charge in [-0.2, -0.15) is 0 Å². The van der Waals surface area contributed by atoms with Crippen molar-refractivity contribution in [1.29, 1.82) is 0 Å². The maximum atomic E-state index is 13.0. The molecule has 0 aliphatic carbocycles. The minimum Gasteiger partial charge on any atom is -0.511 e. The molecular formula is C23H27FO4S. The summed E-state index contributed by atoms with van der Waals surface area (Å²) in [5.41, 5.74) is 3.72. The van der Waals surface area contributed by atoms with Crippen molar-refractivity contribution < 1.29 is 23.2 Å². The van der Waals surface area contributed by atoms with Crippen LogP contribution in [0.3, 0.4) is 0 Å². The average molecular weight is 419 g/mol. The molecule has 1 aromatic rings. The monoisotopic (exact) mass is 418 g/mol. The van der Waals surface area contributed by atoms with Crippen molar-refractivity contribution in [2.45, 2.75) is 40.2 Å². The van der Waals surface area contributed by atoms with Crippen LogP contribution >= 0.6 is 0 Å². The number of rotatable bonds is 7. The van der Waals surface area contributed by atoms with Gasteiger partial charge in [0.1, 0.15) is 23.3 Å². The minimum absolute atomic E-state index is 0.0319. The summed E-state index contributed by atoms with van der Waals surface area (Å²) in [6.07, 6.45) is 1.90. The Labute approximate surface area is 173 Å². The third-order valence-corrected chi connectivity index (χ3v) is 6.52. The molecule has 1 aliphatic rings. The largest absolute Gasteiger partial charge is 0.511 e. The Hall–Kier alpha value is -2.47. The van der Waals surface area contributed by atoms with Crippen LogP contribution in [0.2, 0.25) is 0 Å². The van der Waals surface area contributed by atoms with Crippen molar-refractivity contribution in [3.8, 4) is 0 Å². The van der Waals surface area contributed by atoms with Gasteiger partial charge in [0.2, 0.25) is 0 Å². The number of esters is 1. The molecule has 6 heteroatoms. The molecule has 1 aliphatic heterocycles. The molecule has 0 saturated heterocycles. The van der Waals surface area contributed by atoms with Gasteiger partial charge >= 0.3 is 5.97 Å². The van der Waals surface area contributed by atoms with E-state index < -0.39 is 28.7 Å². The number of carbonyl (C=O) groups excluding carboxylic acids is 1. The van der Waals surface area contributed by atoms with Crippen LogP contribution < -0.4 is 0 Å².